The minimum atomic E-state index is -1.61. The van der Waals surface area contributed by atoms with Gasteiger partial charge >= 0.3 is 0 Å². The van der Waals surface area contributed by atoms with Crippen LogP contribution in [0.3, 0.4) is 0 Å². The molecule has 1 rings (SSSR count). The Kier molecular flexibility index (Phi) is 4.16. The van der Waals surface area contributed by atoms with Crippen LogP contribution >= 0.6 is 0 Å². The molecule has 0 radical (unpaired) electrons. The van der Waals surface area contributed by atoms with Crippen molar-refractivity contribution < 1.29 is 9.53 Å². The zero-order chi connectivity index (χ0) is 10.7. The first kappa shape index (κ1) is 12.2. The summed E-state index contributed by atoms with van der Waals surface area (Å²) in [5.74, 6) is -0.760. The van der Waals surface area contributed by atoms with Crippen molar-refractivity contribution >= 4 is 8.32 Å². The molecule has 0 bridgehead atoms. The summed E-state index contributed by atoms with van der Waals surface area (Å²) >= 11 is 0. The Hall–Kier alpha value is 0.137. The lowest BCUT2D eigenvalue weighted by molar-refractivity contribution is -0.137. The van der Waals surface area contributed by atoms with Gasteiger partial charge < -0.3 is 9.53 Å². The van der Waals surface area contributed by atoms with Crippen molar-refractivity contribution in [1.29, 1.82) is 0 Å². The van der Waals surface area contributed by atoms with Crippen LogP contribution in [0.2, 0.25) is 19.1 Å². The third kappa shape index (κ3) is 3.71. The topological polar surface area (TPSA) is 29.5 Å². The van der Waals surface area contributed by atoms with E-state index in [2.05, 4.69) is 20.0 Å². The Morgan fingerprint density at radius 3 is 2.36 bits per heavy atom. The molecule has 3 heteroatoms. The van der Waals surface area contributed by atoms with E-state index in [1.54, 1.807) is 0 Å². The van der Waals surface area contributed by atoms with E-state index in [1.165, 1.54) is 18.9 Å². The van der Waals surface area contributed by atoms with Gasteiger partial charge in [0.2, 0.25) is 0 Å². The predicted octanol–water partition coefficient (Wildman–Crippen LogP) is 3.27. The molecule has 0 atom stereocenters. The van der Waals surface area contributed by atoms with Gasteiger partial charge in [-0.25, -0.2) is 0 Å². The highest BCUT2D eigenvalue weighted by Gasteiger charge is 2.38. The first-order chi connectivity index (χ1) is 6.47. The smallest absolute Gasteiger partial charge is 0.190 e. The van der Waals surface area contributed by atoms with Gasteiger partial charge in [-0.15, -0.1) is 0 Å². The zero-order valence-corrected chi connectivity index (χ0v) is 10.8. The molecule has 1 aliphatic rings. The Morgan fingerprint density at radius 1 is 1.29 bits per heavy atom. The zero-order valence-electron chi connectivity index (χ0n) is 9.81. The summed E-state index contributed by atoms with van der Waals surface area (Å²) in [6.07, 6.45) is 6.38. The van der Waals surface area contributed by atoms with Crippen molar-refractivity contribution in [3.8, 4) is 0 Å². The molecule has 0 heterocycles. The SMILES string of the molecule is CCCC[Si](C)(C)OC1(O)CCCC1. The quantitative estimate of drug-likeness (QED) is 0.564. The highest BCUT2D eigenvalue weighted by molar-refractivity contribution is 6.71. The Bertz CT molecular complexity index is 174. The van der Waals surface area contributed by atoms with E-state index in [4.69, 9.17) is 4.43 Å². The lowest BCUT2D eigenvalue weighted by atomic mass is 10.2. The molecular formula is C11H24O2Si. The lowest BCUT2D eigenvalue weighted by Crippen LogP contribution is -2.42. The van der Waals surface area contributed by atoms with Crippen LogP contribution in [0.4, 0.5) is 0 Å². The minimum absolute atomic E-state index is 0.760. The van der Waals surface area contributed by atoms with Crippen LogP contribution in [0.5, 0.6) is 0 Å². The van der Waals surface area contributed by atoms with Crippen molar-refractivity contribution in [1.82, 2.24) is 0 Å². The van der Waals surface area contributed by atoms with Crippen LogP contribution in [0.1, 0.15) is 45.4 Å². The molecule has 1 N–H and O–H groups in total. The molecule has 0 saturated heterocycles. The molecule has 0 amide bonds. The Balaban J connectivity index is 2.40. The van der Waals surface area contributed by atoms with E-state index in [-0.39, 0.29) is 0 Å². The van der Waals surface area contributed by atoms with Gasteiger partial charge in [-0.2, -0.15) is 0 Å². The number of hydrogen-bond acceptors (Lipinski definition) is 2. The number of unbranched alkanes of at least 4 members (excludes halogenated alkanes) is 1. The summed E-state index contributed by atoms with van der Waals surface area (Å²) in [6, 6.07) is 1.17. The molecule has 0 aromatic heterocycles. The molecule has 1 saturated carbocycles. The standard InChI is InChI=1S/C11H24O2Si/c1-4-5-10-14(2,3)13-11(12)8-6-7-9-11/h12H,4-10H2,1-3H3. The lowest BCUT2D eigenvalue weighted by Gasteiger charge is -2.33. The first-order valence-corrected chi connectivity index (χ1v) is 9.01. The number of hydrogen-bond donors (Lipinski definition) is 1. The molecule has 2 nitrogen and oxygen atoms in total. The summed E-state index contributed by atoms with van der Waals surface area (Å²) in [4.78, 5) is 0. The van der Waals surface area contributed by atoms with E-state index in [1.807, 2.05) is 0 Å². The van der Waals surface area contributed by atoms with E-state index >= 15 is 0 Å². The molecule has 14 heavy (non-hydrogen) atoms. The third-order valence-corrected chi connectivity index (χ3v) is 5.47. The monoisotopic (exact) mass is 216 g/mol. The Labute approximate surface area is 88.8 Å². The summed E-state index contributed by atoms with van der Waals surface area (Å²) < 4.78 is 5.98. The van der Waals surface area contributed by atoms with Gasteiger partial charge in [0, 0.05) is 12.8 Å². The van der Waals surface area contributed by atoms with Crippen LogP contribution in [-0.2, 0) is 4.43 Å². The Morgan fingerprint density at radius 2 is 1.86 bits per heavy atom. The fourth-order valence-corrected chi connectivity index (χ4v) is 4.74. The van der Waals surface area contributed by atoms with E-state index in [9.17, 15) is 5.11 Å². The third-order valence-electron chi connectivity index (χ3n) is 2.98. The van der Waals surface area contributed by atoms with Crippen molar-refractivity contribution in [2.24, 2.45) is 0 Å². The summed E-state index contributed by atoms with van der Waals surface area (Å²) in [6.45, 7) is 6.65. The van der Waals surface area contributed by atoms with Crippen LogP contribution in [0.25, 0.3) is 0 Å². The second-order valence-corrected chi connectivity index (χ2v) is 9.34. The summed E-state index contributed by atoms with van der Waals surface area (Å²) in [5, 5.41) is 10.1. The molecule has 1 fully saturated rings. The van der Waals surface area contributed by atoms with Crippen LogP contribution in [0.15, 0.2) is 0 Å². The summed E-state index contributed by atoms with van der Waals surface area (Å²) in [7, 11) is -1.61. The largest absolute Gasteiger partial charge is 0.391 e. The average Bonchev–Trinajstić information content (AvgIpc) is 2.47. The van der Waals surface area contributed by atoms with Gasteiger partial charge in [0.15, 0.2) is 14.1 Å². The second-order valence-electron chi connectivity index (χ2n) is 5.12. The van der Waals surface area contributed by atoms with Crippen LogP contribution < -0.4 is 0 Å². The minimum Gasteiger partial charge on any atom is -0.391 e. The van der Waals surface area contributed by atoms with Gasteiger partial charge in [0.1, 0.15) is 0 Å². The van der Waals surface area contributed by atoms with Gasteiger partial charge in [-0.3, -0.25) is 0 Å². The highest BCUT2D eigenvalue weighted by Crippen LogP contribution is 2.34. The maximum Gasteiger partial charge on any atom is 0.190 e. The molecule has 0 spiro atoms. The fraction of sp³-hybridized carbons (Fsp3) is 1.00. The summed E-state index contributed by atoms with van der Waals surface area (Å²) in [5.41, 5.74) is 0. The molecule has 84 valence electrons. The van der Waals surface area contributed by atoms with Crippen molar-refractivity contribution in [2.45, 2.75) is 70.4 Å². The number of rotatable bonds is 5. The average molecular weight is 216 g/mol. The first-order valence-electron chi connectivity index (χ1n) is 5.90. The maximum absolute atomic E-state index is 10.1. The van der Waals surface area contributed by atoms with Gasteiger partial charge in [-0.1, -0.05) is 19.8 Å². The number of aliphatic hydroxyl groups is 1. The van der Waals surface area contributed by atoms with Gasteiger partial charge in [-0.05, 0) is 32.0 Å². The molecule has 0 aromatic carbocycles. The molecular weight excluding hydrogens is 192 g/mol. The highest BCUT2D eigenvalue weighted by atomic mass is 28.4. The van der Waals surface area contributed by atoms with Crippen molar-refractivity contribution in [3.63, 3.8) is 0 Å². The fourth-order valence-electron chi connectivity index (χ4n) is 2.20. The molecule has 0 aliphatic heterocycles. The van der Waals surface area contributed by atoms with Crippen molar-refractivity contribution in [3.05, 3.63) is 0 Å². The van der Waals surface area contributed by atoms with Crippen molar-refractivity contribution in [2.75, 3.05) is 0 Å². The van der Waals surface area contributed by atoms with Crippen LogP contribution in [0, 0.1) is 0 Å². The molecule has 1 aliphatic carbocycles. The van der Waals surface area contributed by atoms with Crippen LogP contribution in [-0.4, -0.2) is 19.2 Å². The maximum atomic E-state index is 10.1. The van der Waals surface area contributed by atoms with E-state index < -0.39 is 14.1 Å². The normalized spacial score (nSPS) is 21.4. The molecule has 0 unspecified atom stereocenters. The van der Waals surface area contributed by atoms with Gasteiger partial charge in [0.25, 0.3) is 0 Å². The van der Waals surface area contributed by atoms with E-state index in [0.717, 1.165) is 25.7 Å². The molecule has 0 aromatic rings. The predicted molar refractivity (Wildman–Crippen MR) is 61.7 cm³/mol. The van der Waals surface area contributed by atoms with E-state index in [0.29, 0.717) is 0 Å². The van der Waals surface area contributed by atoms with Gasteiger partial charge in [0.05, 0.1) is 0 Å². The second kappa shape index (κ2) is 4.77.